The van der Waals surface area contributed by atoms with E-state index in [1.807, 2.05) is 6.92 Å². The Morgan fingerprint density at radius 1 is 1.05 bits per heavy atom. The van der Waals surface area contributed by atoms with Gasteiger partial charge in [-0.2, -0.15) is 0 Å². The zero-order valence-electron chi connectivity index (χ0n) is 11.3. The molecule has 6 N–H and O–H groups in total. The average Bonchev–Trinajstić information content (AvgIpc) is 2.27. The van der Waals surface area contributed by atoms with Crippen LogP contribution in [0.3, 0.4) is 0 Å². The molecule has 112 valence electrons. The largest absolute Gasteiger partial charge is 0.395 e. The zero-order valence-corrected chi connectivity index (χ0v) is 11.3. The van der Waals surface area contributed by atoms with Gasteiger partial charge in [-0.25, -0.2) is 0 Å². The normalized spacial score (nSPS) is 12.9. The minimum absolute atomic E-state index is 0.0330. The van der Waals surface area contributed by atoms with E-state index in [-0.39, 0.29) is 32.3 Å². The van der Waals surface area contributed by atoms with Crippen molar-refractivity contribution >= 4 is 11.8 Å². The molecular formula is C11H24N4O4. The Kier molecular flexibility index (Phi) is 9.06. The van der Waals surface area contributed by atoms with Crippen molar-refractivity contribution in [1.82, 2.24) is 9.80 Å². The predicted octanol–water partition coefficient (Wildman–Crippen LogP) is -3.07. The van der Waals surface area contributed by atoms with Crippen LogP contribution in [0.5, 0.6) is 0 Å². The summed E-state index contributed by atoms with van der Waals surface area (Å²) >= 11 is 0. The summed E-state index contributed by atoms with van der Waals surface area (Å²) in [5.74, 6) is -0.965. The predicted molar refractivity (Wildman–Crippen MR) is 70.0 cm³/mol. The fraction of sp³-hybridized carbons (Fsp3) is 0.818. The van der Waals surface area contributed by atoms with Crippen LogP contribution in [-0.2, 0) is 9.59 Å². The first kappa shape index (κ1) is 17.8. The average molecular weight is 276 g/mol. The number of aliphatic hydroxyl groups is 2. The quantitative estimate of drug-likeness (QED) is 0.316. The molecule has 0 aliphatic rings. The Bertz CT molecular complexity index is 288. The highest BCUT2D eigenvalue weighted by atomic mass is 16.3. The third-order valence-corrected chi connectivity index (χ3v) is 2.69. The van der Waals surface area contributed by atoms with E-state index < -0.39 is 11.8 Å². The Morgan fingerprint density at radius 2 is 1.58 bits per heavy atom. The van der Waals surface area contributed by atoms with Crippen molar-refractivity contribution in [2.45, 2.75) is 13.0 Å². The number of aliphatic hydroxyl groups excluding tert-OH is 2. The molecule has 0 radical (unpaired) electrons. The summed E-state index contributed by atoms with van der Waals surface area (Å²) in [6, 6.07) is -0.106. The maximum Gasteiger partial charge on any atom is 0.231 e. The summed E-state index contributed by atoms with van der Waals surface area (Å²) < 4.78 is 0. The molecule has 0 heterocycles. The molecule has 0 spiro atoms. The molecule has 0 bridgehead atoms. The molecular weight excluding hydrogens is 252 g/mol. The van der Waals surface area contributed by atoms with E-state index in [2.05, 4.69) is 0 Å². The van der Waals surface area contributed by atoms with Gasteiger partial charge in [0.05, 0.1) is 26.3 Å². The van der Waals surface area contributed by atoms with E-state index in [0.29, 0.717) is 19.6 Å². The van der Waals surface area contributed by atoms with Crippen molar-refractivity contribution in [2.24, 2.45) is 11.5 Å². The lowest BCUT2D eigenvalue weighted by molar-refractivity contribution is -0.121. The van der Waals surface area contributed by atoms with Crippen LogP contribution in [0.25, 0.3) is 0 Å². The van der Waals surface area contributed by atoms with Gasteiger partial charge in [0.25, 0.3) is 0 Å². The second-order valence-electron chi connectivity index (χ2n) is 4.43. The molecule has 8 heteroatoms. The topological polar surface area (TPSA) is 133 Å². The maximum atomic E-state index is 10.9. The van der Waals surface area contributed by atoms with Gasteiger partial charge < -0.3 is 21.7 Å². The number of primary amides is 2. The number of carbonyl (C=O) groups excluding carboxylic acids is 2. The number of carbonyl (C=O) groups is 2. The lowest BCUT2D eigenvalue weighted by Gasteiger charge is -2.31. The summed E-state index contributed by atoms with van der Waals surface area (Å²) in [6.45, 7) is 2.81. The number of amides is 2. The van der Waals surface area contributed by atoms with Gasteiger partial charge >= 0.3 is 0 Å². The highest BCUT2D eigenvalue weighted by molar-refractivity contribution is 5.76. The van der Waals surface area contributed by atoms with Crippen LogP contribution in [0, 0.1) is 0 Å². The molecule has 0 aromatic heterocycles. The fourth-order valence-electron chi connectivity index (χ4n) is 1.87. The molecule has 0 aliphatic carbocycles. The van der Waals surface area contributed by atoms with Crippen LogP contribution < -0.4 is 11.5 Å². The molecule has 0 aromatic rings. The second kappa shape index (κ2) is 9.68. The van der Waals surface area contributed by atoms with E-state index in [0.717, 1.165) is 0 Å². The second-order valence-corrected chi connectivity index (χ2v) is 4.43. The van der Waals surface area contributed by atoms with Crippen LogP contribution in [0.1, 0.15) is 6.92 Å². The highest BCUT2D eigenvalue weighted by Gasteiger charge is 2.19. The van der Waals surface area contributed by atoms with Crippen LogP contribution >= 0.6 is 0 Å². The molecule has 0 rings (SSSR count). The van der Waals surface area contributed by atoms with Crippen molar-refractivity contribution in [3.63, 3.8) is 0 Å². The van der Waals surface area contributed by atoms with Crippen molar-refractivity contribution in [2.75, 3.05) is 45.9 Å². The molecule has 1 atom stereocenters. The first-order valence-electron chi connectivity index (χ1n) is 6.15. The monoisotopic (exact) mass is 276 g/mol. The number of nitrogens with two attached hydrogens (primary N) is 2. The van der Waals surface area contributed by atoms with Crippen molar-refractivity contribution in [3.05, 3.63) is 0 Å². The van der Waals surface area contributed by atoms with E-state index in [1.165, 1.54) is 0 Å². The molecule has 0 aliphatic heterocycles. The van der Waals surface area contributed by atoms with Gasteiger partial charge in [-0.05, 0) is 6.92 Å². The van der Waals surface area contributed by atoms with Gasteiger partial charge in [-0.15, -0.1) is 0 Å². The van der Waals surface area contributed by atoms with Crippen LogP contribution in [0.4, 0.5) is 0 Å². The van der Waals surface area contributed by atoms with Gasteiger partial charge in [0.2, 0.25) is 11.8 Å². The fourth-order valence-corrected chi connectivity index (χ4v) is 1.87. The smallest absolute Gasteiger partial charge is 0.231 e. The lowest BCUT2D eigenvalue weighted by Crippen LogP contribution is -2.48. The van der Waals surface area contributed by atoms with Gasteiger partial charge in [-0.3, -0.25) is 19.4 Å². The molecule has 0 saturated heterocycles. The van der Waals surface area contributed by atoms with Gasteiger partial charge in [0.15, 0.2) is 0 Å². The molecule has 0 fully saturated rings. The molecule has 0 aromatic carbocycles. The maximum absolute atomic E-state index is 10.9. The molecule has 0 saturated carbocycles. The van der Waals surface area contributed by atoms with Crippen molar-refractivity contribution in [3.8, 4) is 0 Å². The van der Waals surface area contributed by atoms with Crippen LogP contribution in [0.2, 0.25) is 0 Å². The van der Waals surface area contributed by atoms with Crippen LogP contribution in [-0.4, -0.2) is 83.8 Å². The first-order valence-corrected chi connectivity index (χ1v) is 6.15. The lowest BCUT2D eigenvalue weighted by atomic mass is 10.2. The standard InChI is InChI=1S/C11H24N4O4/c1-9(15(3-5-17)8-11(13)19)6-14(2-4-16)7-10(12)18/h9,16-17H,2-8H2,1H3,(H2,12,18)(H2,13,19)/t9-/m0/s1. The van der Waals surface area contributed by atoms with Crippen molar-refractivity contribution in [1.29, 1.82) is 0 Å². The SMILES string of the molecule is C[C@@H](CN(CCO)CC(N)=O)N(CCO)CC(N)=O. The molecule has 2 amide bonds. The van der Waals surface area contributed by atoms with E-state index in [9.17, 15) is 9.59 Å². The number of hydrogen-bond acceptors (Lipinski definition) is 6. The Labute approximate surface area is 112 Å². The molecule has 8 nitrogen and oxygen atoms in total. The van der Waals surface area contributed by atoms with Crippen molar-refractivity contribution < 1.29 is 19.8 Å². The number of hydrogen-bond donors (Lipinski definition) is 4. The van der Waals surface area contributed by atoms with Gasteiger partial charge in [0, 0.05) is 25.7 Å². The van der Waals surface area contributed by atoms with E-state index >= 15 is 0 Å². The summed E-state index contributed by atoms with van der Waals surface area (Å²) in [7, 11) is 0. The summed E-state index contributed by atoms with van der Waals surface area (Å²) in [6.07, 6.45) is 0. The third kappa shape index (κ3) is 8.49. The molecule has 0 unspecified atom stereocenters. The van der Waals surface area contributed by atoms with Gasteiger partial charge in [-0.1, -0.05) is 0 Å². The van der Waals surface area contributed by atoms with E-state index in [4.69, 9.17) is 21.7 Å². The summed E-state index contributed by atoms with van der Waals surface area (Å²) in [4.78, 5) is 25.3. The third-order valence-electron chi connectivity index (χ3n) is 2.69. The highest BCUT2D eigenvalue weighted by Crippen LogP contribution is 2.02. The zero-order chi connectivity index (χ0) is 14.8. The summed E-state index contributed by atoms with van der Waals surface area (Å²) in [5.41, 5.74) is 10.3. The minimum atomic E-state index is -0.482. The van der Waals surface area contributed by atoms with E-state index in [1.54, 1.807) is 9.80 Å². The Hall–Kier alpha value is -1.22. The molecule has 19 heavy (non-hydrogen) atoms. The van der Waals surface area contributed by atoms with Gasteiger partial charge in [0.1, 0.15) is 0 Å². The number of nitrogens with zero attached hydrogens (tertiary/aromatic N) is 2. The summed E-state index contributed by atoms with van der Waals surface area (Å²) in [5, 5.41) is 17.9. The van der Waals surface area contributed by atoms with Crippen LogP contribution in [0.15, 0.2) is 0 Å². The Balaban J connectivity index is 4.49. The Morgan fingerprint density at radius 3 is 2.00 bits per heavy atom. The number of rotatable bonds is 11. The first-order chi connectivity index (χ1) is 8.90. The minimum Gasteiger partial charge on any atom is -0.395 e.